The highest BCUT2D eigenvalue weighted by Crippen LogP contribution is 2.23. The zero-order chi connectivity index (χ0) is 11.7. The molecule has 0 saturated carbocycles. The summed E-state index contributed by atoms with van der Waals surface area (Å²) < 4.78 is 0. The van der Waals surface area contributed by atoms with E-state index < -0.39 is 0 Å². The molecule has 0 bridgehead atoms. The quantitative estimate of drug-likeness (QED) is 0.783. The van der Waals surface area contributed by atoms with Crippen molar-refractivity contribution < 1.29 is 4.79 Å². The molecule has 5 heteroatoms. The maximum Gasteiger partial charge on any atom is 0.294 e. The van der Waals surface area contributed by atoms with Crippen molar-refractivity contribution in [2.45, 2.75) is 52.1 Å². The van der Waals surface area contributed by atoms with Gasteiger partial charge >= 0.3 is 0 Å². The van der Waals surface area contributed by atoms with Gasteiger partial charge in [-0.3, -0.25) is 9.89 Å². The second-order valence-corrected chi connectivity index (χ2v) is 4.59. The molecule has 1 aliphatic rings. The first-order chi connectivity index (χ1) is 7.59. The van der Waals surface area contributed by atoms with Crippen LogP contribution in [0, 0.1) is 6.92 Å². The number of aromatic amines is 1. The summed E-state index contributed by atoms with van der Waals surface area (Å²) in [6, 6.07) is 0.574. The van der Waals surface area contributed by atoms with Gasteiger partial charge in [0.1, 0.15) is 5.82 Å². The van der Waals surface area contributed by atoms with Gasteiger partial charge in [0.2, 0.25) is 5.82 Å². The molecule has 1 aromatic rings. The topological polar surface area (TPSA) is 61.9 Å². The maximum absolute atomic E-state index is 12.2. The molecule has 2 atom stereocenters. The zero-order valence-corrected chi connectivity index (χ0v) is 10.0. The fourth-order valence-corrected chi connectivity index (χ4v) is 2.38. The predicted molar refractivity (Wildman–Crippen MR) is 60.1 cm³/mol. The monoisotopic (exact) mass is 222 g/mol. The Kier molecular flexibility index (Phi) is 2.94. The molecule has 0 aromatic carbocycles. The van der Waals surface area contributed by atoms with E-state index in [0.717, 1.165) is 12.8 Å². The number of aromatic nitrogens is 3. The summed E-state index contributed by atoms with van der Waals surface area (Å²) >= 11 is 0. The molecule has 2 rings (SSSR count). The van der Waals surface area contributed by atoms with E-state index in [1.54, 1.807) is 6.92 Å². The standard InChI is InChI=1S/C11H18N4O/c1-7-5-4-6-8(2)15(7)11(16)10-12-9(3)13-14-10/h7-8H,4-6H2,1-3H3,(H,12,13,14). The largest absolute Gasteiger partial charge is 0.330 e. The Balaban J connectivity index is 2.19. The maximum atomic E-state index is 12.2. The van der Waals surface area contributed by atoms with Gasteiger partial charge in [-0.1, -0.05) is 0 Å². The van der Waals surface area contributed by atoms with Crippen LogP contribution in [0.4, 0.5) is 0 Å². The molecule has 1 amide bonds. The summed E-state index contributed by atoms with van der Waals surface area (Å²) in [5.41, 5.74) is 0. The van der Waals surface area contributed by atoms with Gasteiger partial charge in [0.15, 0.2) is 0 Å². The van der Waals surface area contributed by atoms with Crippen LogP contribution in [0.3, 0.4) is 0 Å². The van der Waals surface area contributed by atoms with E-state index in [9.17, 15) is 4.79 Å². The Labute approximate surface area is 95.2 Å². The number of hydrogen-bond acceptors (Lipinski definition) is 3. The summed E-state index contributed by atoms with van der Waals surface area (Å²) in [4.78, 5) is 18.2. The van der Waals surface area contributed by atoms with Crippen LogP contribution in [0.15, 0.2) is 0 Å². The van der Waals surface area contributed by atoms with Crippen LogP contribution >= 0.6 is 0 Å². The van der Waals surface area contributed by atoms with Gasteiger partial charge in [-0.05, 0) is 40.0 Å². The molecule has 88 valence electrons. The average molecular weight is 222 g/mol. The number of amides is 1. The second-order valence-electron chi connectivity index (χ2n) is 4.59. The summed E-state index contributed by atoms with van der Waals surface area (Å²) in [5.74, 6) is 0.919. The molecule has 5 nitrogen and oxygen atoms in total. The van der Waals surface area contributed by atoms with Crippen molar-refractivity contribution in [2.75, 3.05) is 0 Å². The number of nitrogens with zero attached hydrogens (tertiary/aromatic N) is 3. The fourth-order valence-electron chi connectivity index (χ4n) is 2.38. The van der Waals surface area contributed by atoms with Crippen LogP contribution in [0.5, 0.6) is 0 Å². The summed E-state index contributed by atoms with van der Waals surface area (Å²) in [7, 11) is 0. The first-order valence-corrected chi connectivity index (χ1v) is 5.81. The van der Waals surface area contributed by atoms with E-state index in [-0.39, 0.29) is 23.8 Å². The molecule has 1 aliphatic heterocycles. The normalized spacial score (nSPS) is 25.8. The molecule has 0 spiro atoms. The average Bonchev–Trinajstić information content (AvgIpc) is 2.64. The third-order valence-electron chi connectivity index (χ3n) is 3.22. The minimum absolute atomic E-state index is 0.0518. The van der Waals surface area contributed by atoms with Gasteiger partial charge < -0.3 is 4.90 Å². The number of nitrogens with one attached hydrogen (secondary N) is 1. The van der Waals surface area contributed by atoms with Crippen LogP contribution in [-0.4, -0.2) is 38.1 Å². The first-order valence-electron chi connectivity index (χ1n) is 5.81. The Bertz CT molecular complexity index is 377. The van der Waals surface area contributed by atoms with Gasteiger partial charge in [-0.15, -0.1) is 5.10 Å². The molecule has 1 saturated heterocycles. The van der Waals surface area contributed by atoms with E-state index in [2.05, 4.69) is 29.0 Å². The molecule has 1 fully saturated rings. The van der Waals surface area contributed by atoms with Crippen molar-refractivity contribution in [1.82, 2.24) is 20.1 Å². The van der Waals surface area contributed by atoms with E-state index in [1.807, 2.05) is 4.90 Å². The van der Waals surface area contributed by atoms with Crippen molar-refractivity contribution >= 4 is 5.91 Å². The van der Waals surface area contributed by atoms with Crippen LogP contribution in [0.1, 0.15) is 49.6 Å². The lowest BCUT2D eigenvalue weighted by molar-refractivity contribution is 0.0498. The molecule has 0 aliphatic carbocycles. The van der Waals surface area contributed by atoms with E-state index in [1.165, 1.54) is 6.42 Å². The number of carbonyl (C=O) groups excluding carboxylic acids is 1. The number of likely N-dealkylation sites (tertiary alicyclic amines) is 1. The molecule has 16 heavy (non-hydrogen) atoms. The fraction of sp³-hybridized carbons (Fsp3) is 0.727. The highest BCUT2D eigenvalue weighted by molar-refractivity contribution is 5.90. The zero-order valence-electron chi connectivity index (χ0n) is 10.0. The molecular formula is C11H18N4O. The second kappa shape index (κ2) is 4.23. The summed E-state index contributed by atoms with van der Waals surface area (Å²) in [5, 5.41) is 6.64. The van der Waals surface area contributed by atoms with Crippen LogP contribution in [0.2, 0.25) is 0 Å². The minimum atomic E-state index is -0.0518. The number of aryl methyl sites for hydroxylation is 1. The van der Waals surface area contributed by atoms with E-state index >= 15 is 0 Å². The van der Waals surface area contributed by atoms with Crippen molar-refractivity contribution in [3.63, 3.8) is 0 Å². The number of carbonyl (C=O) groups is 1. The number of piperidine rings is 1. The van der Waals surface area contributed by atoms with Gasteiger partial charge in [0.05, 0.1) is 0 Å². The lowest BCUT2D eigenvalue weighted by Gasteiger charge is -2.38. The lowest BCUT2D eigenvalue weighted by atomic mass is 9.97. The van der Waals surface area contributed by atoms with Crippen LogP contribution < -0.4 is 0 Å². The van der Waals surface area contributed by atoms with Gasteiger partial charge in [-0.25, -0.2) is 4.98 Å². The molecule has 0 radical (unpaired) electrons. The van der Waals surface area contributed by atoms with E-state index in [4.69, 9.17) is 0 Å². The molecule has 2 heterocycles. The van der Waals surface area contributed by atoms with Gasteiger partial charge in [0.25, 0.3) is 5.91 Å². The van der Waals surface area contributed by atoms with Crippen molar-refractivity contribution in [1.29, 1.82) is 0 Å². The van der Waals surface area contributed by atoms with Crippen molar-refractivity contribution in [3.05, 3.63) is 11.6 Å². The predicted octanol–water partition coefficient (Wildman–Crippen LogP) is 1.52. The van der Waals surface area contributed by atoms with Gasteiger partial charge in [0, 0.05) is 12.1 Å². The van der Waals surface area contributed by atoms with Gasteiger partial charge in [-0.2, -0.15) is 0 Å². The first kappa shape index (κ1) is 11.1. The summed E-state index contributed by atoms with van der Waals surface area (Å²) in [6.45, 7) is 5.98. The van der Waals surface area contributed by atoms with Crippen molar-refractivity contribution in [2.24, 2.45) is 0 Å². The van der Waals surface area contributed by atoms with Crippen LogP contribution in [-0.2, 0) is 0 Å². The molecular weight excluding hydrogens is 204 g/mol. The number of rotatable bonds is 1. The Morgan fingerprint density at radius 2 is 2.00 bits per heavy atom. The third kappa shape index (κ3) is 1.94. The Hall–Kier alpha value is -1.39. The molecule has 1 N–H and O–H groups in total. The lowest BCUT2D eigenvalue weighted by Crippen LogP contribution is -2.47. The highest BCUT2D eigenvalue weighted by Gasteiger charge is 2.31. The number of hydrogen-bond donors (Lipinski definition) is 1. The molecule has 1 aromatic heterocycles. The minimum Gasteiger partial charge on any atom is -0.330 e. The number of H-pyrrole nitrogens is 1. The molecule has 2 unspecified atom stereocenters. The Morgan fingerprint density at radius 3 is 2.50 bits per heavy atom. The summed E-state index contributed by atoms with van der Waals surface area (Å²) in [6.07, 6.45) is 3.33. The SMILES string of the molecule is Cc1nc(C(=O)N2C(C)CCCC2C)n[nH]1. The highest BCUT2D eigenvalue weighted by atomic mass is 16.2. The van der Waals surface area contributed by atoms with Crippen molar-refractivity contribution in [3.8, 4) is 0 Å². The third-order valence-corrected chi connectivity index (χ3v) is 3.22. The Morgan fingerprint density at radius 1 is 1.38 bits per heavy atom. The smallest absolute Gasteiger partial charge is 0.294 e. The van der Waals surface area contributed by atoms with E-state index in [0.29, 0.717) is 5.82 Å². The van der Waals surface area contributed by atoms with Crippen LogP contribution in [0.25, 0.3) is 0 Å².